The van der Waals surface area contributed by atoms with Crippen LogP contribution in [0.15, 0.2) is 55.0 Å². The molecule has 0 spiro atoms. The molecule has 2 N–H and O–H groups in total. The van der Waals surface area contributed by atoms with Crippen molar-refractivity contribution in [3.63, 3.8) is 0 Å². The first-order valence-corrected chi connectivity index (χ1v) is 18.6. The third-order valence-electron chi connectivity index (χ3n) is 10.9. The summed E-state index contributed by atoms with van der Waals surface area (Å²) in [7, 11) is 0. The van der Waals surface area contributed by atoms with Gasteiger partial charge in [-0.25, -0.2) is 4.98 Å². The molecule has 2 atom stereocenters. The molecule has 5 amide bonds. The lowest BCUT2D eigenvalue weighted by Crippen LogP contribution is -2.54. The maximum atomic E-state index is 13.1. The van der Waals surface area contributed by atoms with E-state index < -0.39 is 29.7 Å². The van der Waals surface area contributed by atoms with Gasteiger partial charge in [-0.1, -0.05) is 18.6 Å². The number of piperidine rings is 1. The summed E-state index contributed by atoms with van der Waals surface area (Å²) in [5.41, 5.74) is 5.95. The molecule has 8 rings (SSSR count). The highest BCUT2D eigenvalue weighted by Gasteiger charge is 2.44. The molecule has 4 aliphatic heterocycles. The summed E-state index contributed by atoms with van der Waals surface area (Å²) >= 11 is 0. The second-order valence-corrected chi connectivity index (χ2v) is 14.3. The monoisotopic (exact) mass is 718 g/mol. The Kier molecular flexibility index (Phi) is 9.69. The number of fused-ring (bicyclic) bond motifs is 2. The van der Waals surface area contributed by atoms with Crippen LogP contribution in [-0.4, -0.2) is 98.0 Å². The van der Waals surface area contributed by atoms with Crippen molar-refractivity contribution in [2.24, 2.45) is 0 Å². The van der Waals surface area contributed by atoms with Gasteiger partial charge >= 0.3 is 0 Å². The minimum atomic E-state index is -0.989. The summed E-state index contributed by atoms with van der Waals surface area (Å²) in [5.74, 6) is -1.52. The van der Waals surface area contributed by atoms with Crippen molar-refractivity contribution in [3.05, 3.63) is 71.7 Å². The fraction of sp³-hybridized carbons (Fsp3) is 0.436. The molecule has 14 nitrogen and oxygen atoms in total. The number of ether oxygens (including phenoxy) is 1. The van der Waals surface area contributed by atoms with E-state index in [1.54, 1.807) is 18.2 Å². The summed E-state index contributed by atoms with van der Waals surface area (Å²) in [6.07, 6.45) is 11.6. The van der Waals surface area contributed by atoms with E-state index in [2.05, 4.69) is 27.9 Å². The number of likely N-dealkylation sites (tertiary alicyclic amines) is 1. The molecular formula is C39H42N8O6. The number of anilines is 1. The summed E-state index contributed by atoms with van der Waals surface area (Å²) in [6.45, 7) is 3.50. The number of carbonyl (C=O) groups excluding carboxylic acids is 5. The zero-order chi connectivity index (χ0) is 36.5. The molecular weight excluding hydrogens is 676 g/mol. The topological polar surface area (TPSA) is 169 Å². The number of nitrogens with zero attached hydrogens (tertiary/aromatic N) is 6. The number of para-hydroxylation sites is 1. The Hall–Kier alpha value is -5.50. The number of amides is 5. The normalized spacial score (nSPS) is 20.7. The van der Waals surface area contributed by atoms with E-state index in [1.807, 2.05) is 34.2 Å². The van der Waals surface area contributed by atoms with Gasteiger partial charge < -0.3 is 15.0 Å². The SMILES string of the molecule is O=C1CCC(N2C(=O)c3ccc(NCCCCCC(=O)N4CCC(n5cc(-c6cnc7cccc(C8CCOCC8)c7n6)cn5)C4)cc3C2=O)C(=O)N1. The van der Waals surface area contributed by atoms with Crippen LogP contribution >= 0.6 is 0 Å². The maximum Gasteiger partial charge on any atom is 0.262 e. The number of aromatic nitrogens is 4. The van der Waals surface area contributed by atoms with Crippen LogP contribution in [0.1, 0.15) is 96.0 Å². The van der Waals surface area contributed by atoms with Gasteiger partial charge in [0.2, 0.25) is 17.7 Å². The van der Waals surface area contributed by atoms with Gasteiger partial charge in [-0.2, -0.15) is 5.10 Å². The third kappa shape index (κ3) is 7.02. The molecule has 0 saturated carbocycles. The predicted molar refractivity (Wildman–Crippen MR) is 194 cm³/mol. The Morgan fingerprint density at radius 2 is 1.79 bits per heavy atom. The zero-order valence-electron chi connectivity index (χ0n) is 29.5. The molecule has 3 fully saturated rings. The van der Waals surface area contributed by atoms with Gasteiger partial charge in [-0.05, 0) is 74.3 Å². The Bertz CT molecular complexity index is 2090. The van der Waals surface area contributed by atoms with Gasteiger partial charge in [0.1, 0.15) is 6.04 Å². The first-order valence-electron chi connectivity index (χ1n) is 18.6. The molecule has 2 aromatic heterocycles. The molecule has 2 aromatic carbocycles. The summed E-state index contributed by atoms with van der Waals surface area (Å²) < 4.78 is 7.54. The number of hydrogen-bond donors (Lipinski definition) is 2. The number of rotatable bonds is 11. The number of unbranched alkanes of at least 4 members (excludes halogenated alkanes) is 2. The smallest absolute Gasteiger partial charge is 0.262 e. The van der Waals surface area contributed by atoms with Crippen molar-refractivity contribution in [1.29, 1.82) is 0 Å². The van der Waals surface area contributed by atoms with Crippen LogP contribution in [0.5, 0.6) is 0 Å². The number of nitrogens with one attached hydrogen (secondary N) is 2. The molecule has 0 bridgehead atoms. The second-order valence-electron chi connectivity index (χ2n) is 14.3. The van der Waals surface area contributed by atoms with E-state index in [-0.39, 0.29) is 35.9 Å². The first-order chi connectivity index (χ1) is 25.8. The molecule has 14 heteroatoms. The Morgan fingerprint density at radius 3 is 2.64 bits per heavy atom. The molecule has 4 aromatic rings. The van der Waals surface area contributed by atoms with E-state index in [0.29, 0.717) is 37.7 Å². The summed E-state index contributed by atoms with van der Waals surface area (Å²) in [5, 5.41) is 10.2. The highest BCUT2D eigenvalue weighted by molar-refractivity contribution is 6.23. The fourth-order valence-electron chi connectivity index (χ4n) is 7.94. The lowest BCUT2D eigenvalue weighted by atomic mass is 9.90. The van der Waals surface area contributed by atoms with E-state index in [9.17, 15) is 24.0 Å². The summed E-state index contributed by atoms with van der Waals surface area (Å²) in [6, 6.07) is 10.3. The van der Waals surface area contributed by atoms with Crippen LogP contribution in [0.2, 0.25) is 0 Å². The minimum absolute atomic E-state index is 0.0782. The van der Waals surface area contributed by atoms with Crippen molar-refractivity contribution in [1.82, 2.24) is 34.9 Å². The molecule has 274 valence electrons. The Balaban J connectivity index is 0.789. The van der Waals surface area contributed by atoms with Crippen LogP contribution in [0.3, 0.4) is 0 Å². The Labute approximate surface area is 306 Å². The second kappa shape index (κ2) is 14.9. The number of hydrogen-bond acceptors (Lipinski definition) is 10. The lowest BCUT2D eigenvalue weighted by molar-refractivity contribution is -0.136. The molecule has 6 heterocycles. The number of imide groups is 2. The van der Waals surface area contributed by atoms with Crippen molar-refractivity contribution >= 4 is 46.3 Å². The van der Waals surface area contributed by atoms with Crippen molar-refractivity contribution in [2.75, 3.05) is 38.2 Å². The average Bonchev–Trinajstić information content (AvgIpc) is 3.92. The quantitative estimate of drug-likeness (QED) is 0.169. The van der Waals surface area contributed by atoms with E-state index in [1.165, 1.54) is 5.56 Å². The highest BCUT2D eigenvalue weighted by Crippen LogP contribution is 2.33. The minimum Gasteiger partial charge on any atom is -0.385 e. The average molecular weight is 719 g/mol. The van der Waals surface area contributed by atoms with E-state index in [4.69, 9.17) is 14.7 Å². The van der Waals surface area contributed by atoms with Crippen molar-refractivity contribution in [3.8, 4) is 11.3 Å². The van der Waals surface area contributed by atoms with Crippen LogP contribution in [0.4, 0.5) is 5.69 Å². The summed E-state index contributed by atoms with van der Waals surface area (Å²) in [4.78, 5) is 75.6. The lowest BCUT2D eigenvalue weighted by Gasteiger charge is -2.27. The third-order valence-corrected chi connectivity index (χ3v) is 10.9. The molecule has 3 saturated heterocycles. The first kappa shape index (κ1) is 34.6. The maximum absolute atomic E-state index is 13.1. The standard InChI is InChI=1S/C39H42N8O6/c48-34-11-10-33(37(50)44-34)47-38(51)29-9-8-26(19-30(29)39(47)52)40-15-3-1-2-7-35(49)45-16-12-27(23-45)46-22-25(20-42-46)32-21-41-31-6-4-5-28(36(31)43-32)24-13-17-53-18-14-24/h4-6,8-9,19-22,24,27,33,40H,1-3,7,10-18,23H2,(H,44,48,50). The largest absolute Gasteiger partial charge is 0.385 e. The predicted octanol–water partition coefficient (Wildman–Crippen LogP) is 4.23. The molecule has 53 heavy (non-hydrogen) atoms. The molecule has 2 unspecified atom stereocenters. The number of benzene rings is 2. The molecule has 4 aliphatic rings. The van der Waals surface area contributed by atoms with E-state index >= 15 is 0 Å². The van der Waals surface area contributed by atoms with Gasteiger partial charge in [-0.3, -0.25) is 43.9 Å². The van der Waals surface area contributed by atoms with Crippen LogP contribution in [-0.2, 0) is 19.1 Å². The Morgan fingerprint density at radius 1 is 0.943 bits per heavy atom. The van der Waals surface area contributed by atoms with Gasteiger partial charge in [0.15, 0.2) is 0 Å². The van der Waals surface area contributed by atoms with E-state index in [0.717, 1.165) is 78.9 Å². The van der Waals surface area contributed by atoms with Gasteiger partial charge in [0.25, 0.3) is 11.8 Å². The van der Waals surface area contributed by atoms with Crippen molar-refractivity contribution < 1.29 is 28.7 Å². The van der Waals surface area contributed by atoms with Gasteiger partial charge in [0, 0.05) is 63.1 Å². The fourth-order valence-corrected chi connectivity index (χ4v) is 7.94. The zero-order valence-corrected chi connectivity index (χ0v) is 29.5. The van der Waals surface area contributed by atoms with Gasteiger partial charge in [0.05, 0.1) is 46.3 Å². The number of carbonyl (C=O) groups is 5. The van der Waals surface area contributed by atoms with Crippen LogP contribution in [0.25, 0.3) is 22.3 Å². The van der Waals surface area contributed by atoms with Crippen LogP contribution in [0, 0.1) is 0 Å². The van der Waals surface area contributed by atoms with Gasteiger partial charge in [-0.15, -0.1) is 0 Å². The highest BCUT2D eigenvalue weighted by atomic mass is 16.5. The molecule has 0 radical (unpaired) electrons. The molecule has 0 aliphatic carbocycles. The van der Waals surface area contributed by atoms with Crippen molar-refractivity contribution in [2.45, 2.75) is 75.8 Å². The van der Waals surface area contributed by atoms with Crippen LogP contribution < -0.4 is 10.6 Å².